The Morgan fingerprint density at radius 1 is 0.200 bits per heavy atom. The third kappa shape index (κ3) is 3.54. The van der Waals surface area contributed by atoms with Gasteiger partial charge >= 0.3 is 0 Å². The topological polar surface area (TPSA) is 0 Å². The first-order valence-corrected chi connectivity index (χ1v) is 13.9. The van der Waals surface area contributed by atoms with Crippen LogP contribution in [0.4, 0.5) is 0 Å². The molecule has 0 saturated carbocycles. The summed E-state index contributed by atoms with van der Waals surface area (Å²) in [6, 6.07) is 57.6. The highest BCUT2D eigenvalue weighted by Crippen LogP contribution is 2.47. The van der Waals surface area contributed by atoms with Crippen LogP contribution in [0, 0.1) is 0 Å². The van der Waals surface area contributed by atoms with E-state index in [1.807, 2.05) is 0 Å². The molecule has 40 heavy (non-hydrogen) atoms. The van der Waals surface area contributed by atoms with E-state index in [0.29, 0.717) is 0 Å². The van der Waals surface area contributed by atoms with Crippen molar-refractivity contribution in [1.29, 1.82) is 0 Å². The summed E-state index contributed by atoms with van der Waals surface area (Å²) in [6.45, 7) is 0. The van der Waals surface area contributed by atoms with Gasteiger partial charge in [0.2, 0.25) is 0 Å². The first-order chi connectivity index (χ1) is 19.9. The molecule has 0 aliphatic carbocycles. The van der Waals surface area contributed by atoms with Gasteiger partial charge in [-0.3, -0.25) is 0 Å². The van der Waals surface area contributed by atoms with E-state index in [-0.39, 0.29) is 0 Å². The summed E-state index contributed by atoms with van der Waals surface area (Å²) in [5, 5.41) is 10.1. The van der Waals surface area contributed by atoms with Crippen LogP contribution in [0.2, 0.25) is 0 Å². The lowest BCUT2D eigenvalue weighted by atomic mass is 9.82. The molecule has 8 aromatic carbocycles. The van der Waals surface area contributed by atoms with E-state index < -0.39 is 0 Å². The number of rotatable bonds is 3. The number of hydrogen-bond donors (Lipinski definition) is 0. The van der Waals surface area contributed by atoms with Crippen molar-refractivity contribution in [1.82, 2.24) is 0 Å². The standard InChI is InChI=1S/C40H26/c1-5-17-31-27(11-1)15-9-21-35(31)39-33-19-7-3-13-29(33)23-25-37(39)38-26-24-30-14-4-8-20-34(30)40(38)36-22-10-16-28-12-2-6-18-32(28)36/h1-26H. The van der Waals surface area contributed by atoms with Gasteiger partial charge < -0.3 is 0 Å². The zero-order valence-electron chi connectivity index (χ0n) is 22.0. The summed E-state index contributed by atoms with van der Waals surface area (Å²) in [7, 11) is 0. The first-order valence-electron chi connectivity index (χ1n) is 13.9. The van der Waals surface area contributed by atoms with Gasteiger partial charge in [-0.05, 0) is 76.5 Å². The fourth-order valence-electron chi connectivity index (χ4n) is 6.46. The lowest BCUT2D eigenvalue weighted by molar-refractivity contribution is 1.63. The van der Waals surface area contributed by atoms with Crippen LogP contribution < -0.4 is 0 Å². The van der Waals surface area contributed by atoms with Gasteiger partial charge in [0, 0.05) is 0 Å². The maximum Gasteiger partial charge on any atom is -0.00204 e. The zero-order valence-corrected chi connectivity index (χ0v) is 22.0. The molecule has 0 nitrogen and oxygen atoms in total. The fourth-order valence-corrected chi connectivity index (χ4v) is 6.46. The van der Waals surface area contributed by atoms with E-state index in [0.717, 1.165) is 0 Å². The first kappa shape index (κ1) is 22.8. The molecule has 0 heterocycles. The maximum atomic E-state index is 2.33. The second kappa shape index (κ2) is 9.22. The Bertz CT molecular complexity index is 2050. The van der Waals surface area contributed by atoms with Crippen LogP contribution in [-0.2, 0) is 0 Å². The van der Waals surface area contributed by atoms with Gasteiger partial charge in [-0.2, -0.15) is 0 Å². The second-order valence-corrected chi connectivity index (χ2v) is 10.5. The van der Waals surface area contributed by atoms with Gasteiger partial charge in [-0.15, -0.1) is 0 Å². The molecule has 0 fully saturated rings. The highest BCUT2D eigenvalue weighted by atomic mass is 14.2. The summed E-state index contributed by atoms with van der Waals surface area (Å²) >= 11 is 0. The second-order valence-electron chi connectivity index (χ2n) is 10.5. The van der Waals surface area contributed by atoms with Crippen LogP contribution in [-0.4, -0.2) is 0 Å². The van der Waals surface area contributed by atoms with Gasteiger partial charge in [-0.1, -0.05) is 158 Å². The number of hydrogen-bond acceptors (Lipinski definition) is 0. The number of fused-ring (bicyclic) bond motifs is 4. The van der Waals surface area contributed by atoms with E-state index in [1.165, 1.54) is 76.5 Å². The van der Waals surface area contributed by atoms with Crippen molar-refractivity contribution in [2.75, 3.05) is 0 Å². The van der Waals surface area contributed by atoms with Crippen LogP contribution >= 0.6 is 0 Å². The summed E-state index contributed by atoms with van der Waals surface area (Å²) in [5.74, 6) is 0. The molecule has 0 aliphatic heterocycles. The van der Waals surface area contributed by atoms with Crippen molar-refractivity contribution >= 4 is 43.1 Å². The maximum absolute atomic E-state index is 2.33. The van der Waals surface area contributed by atoms with Crippen molar-refractivity contribution in [3.63, 3.8) is 0 Å². The van der Waals surface area contributed by atoms with E-state index in [2.05, 4.69) is 158 Å². The minimum Gasteiger partial charge on any atom is -0.0616 e. The fraction of sp³-hybridized carbons (Fsp3) is 0. The van der Waals surface area contributed by atoms with Gasteiger partial charge in [0.25, 0.3) is 0 Å². The van der Waals surface area contributed by atoms with E-state index in [9.17, 15) is 0 Å². The molecule has 8 aromatic rings. The molecular formula is C40H26. The van der Waals surface area contributed by atoms with E-state index >= 15 is 0 Å². The third-order valence-corrected chi connectivity index (χ3v) is 8.27. The molecule has 0 saturated heterocycles. The van der Waals surface area contributed by atoms with Gasteiger partial charge in [0.15, 0.2) is 0 Å². The van der Waals surface area contributed by atoms with Crippen LogP contribution in [0.15, 0.2) is 158 Å². The van der Waals surface area contributed by atoms with Crippen molar-refractivity contribution in [3.05, 3.63) is 158 Å². The highest BCUT2D eigenvalue weighted by molar-refractivity contribution is 6.16. The van der Waals surface area contributed by atoms with Gasteiger partial charge in [0.1, 0.15) is 0 Å². The molecule has 0 unspecified atom stereocenters. The third-order valence-electron chi connectivity index (χ3n) is 8.27. The molecule has 0 spiro atoms. The Morgan fingerprint density at radius 2 is 0.525 bits per heavy atom. The monoisotopic (exact) mass is 506 g/mol. The van der Waals surface area contributed by atoms with Crippen molar-refractivity contribution < 1.29 is 0 Å². The van der Waals surface area contributed by atoms with Crippen LogP contribution in [0.3, 0.4) is 0 Å². The van der Waals surface area contributed by atoms with E-state index in [4.69, 9.17) is 0 Å². The molecule has 0 aliphatic rings. The van der Waals surface area contributed by atoms with Crippen LogP contribution in [0.25, 0.3) is 76.5 Å². The normalized spacial score (nSPS) is 11.5. The average molecular weight is 507 g/mol. The lowest BCUT2D eigenvalue weighted by Gasteiger charge is -2.20. The Labute approximate surface area is 233 Å². The molecule has 0 N–H and O–H groups in total. The minimum atomic E-state index is 1.25. The largest absolute Gasteiger partial charge is 0.0616 e. The van der Waals surface area contributed by atoms with Crippen LogP contribution in [0.1, 0.15) is 0 Å². The minimum absolute atomic E-state index is 1.25. The van der Waals surface area contributed by atoms with Gasteiger partial charge in [-0.25, -0.2) is 0 Å². The molecule has 0 aromatic heterocycles. The quantitative estimate of drug-likeness (QED) is 0.223. The lowest BCUT2D eigenvalue weighted by Crippen LogP contribution is -1.94. The SMILES string of the molecule is c1ccc2c(-c3c(-c4ccc5ccccc5c4-c4cccc5ccccc45)ccc4ccccc34)cccc2c1. The molecule has 186 valence electrons. The van der Waals surface area contributed by atoms with Crippen LogP contribution in [0.5, 0.6) is 0 Å². The average Bonchev–Trinajstić information content (AvgIpc) is 3.03. The zero-order chi connectivity index (χ0) is 26.5. The Balaban J connectivity index is 1.55. The summed E-state index contributed by atoms with van der Waals surface area (Å²) in [4.78, 5) is 0. The van der Waals surface area contributed by atoms with E-state index in [1.54, 1.807) is 0 Å². The van der Waals surface area contributed by atoms with Crippen molar-refractivity contribution in [2.45, 2.75) is 0 Å². The Hall–Kier alpha value is -5.20. The van der Waals surface area contributed by atoms with Gasteiger partial charge in [0.05, 0.1) is 0 Å². The summed E-state index contributed by atoms with van der Waals surface area (Å²) < 4.78 is 0. The molecule has 0 atom stereocenters. The highest BCUT2D eigenvalue weighted by Gasteiger charge is 2.19. The molecule has 0 amide bonds. The molecular weight excluding hydrogens is 480 g/mol. The van der Waals surface area contributed by atoms with Crippen molar-refractivity contribution in [3.8, 4) is 33.4 Å². The number of benzene rings is 8. The Kier molecular flexibility index (Phi) is 5.24. The predicted molar refractivity (Wildman–Crippen MR) is 173 cm³/mol. The Morgan fingerprint density at radius 3 is 0.950 bits per heavy atom. The molecule has 0 heteroatoms. The van der Waals surface area contributed by atoms with Crippen molar-refractivity contribution in [2.24, 2.45) is 0 Å². The molecule has 8 rings (SSSR count). The predicted octanol–water partition coefficient (Wildman–Crippen LogP) is 11.3. The summed E-state index contributed by atoms with van der Waals surface area (Å²) in [5.41, 5.74) is 7.61. The molecule has 0 radical (unpaired) electrons. The summed E-state index contributed by atoms with van der Waals surface area (Å²) in [6.07, 6.45) is 0. The molecule has 0 bridgehead atoms. The smallest absolute Gasteiger partial charge is 0.00204 e.